The molecule has 0 atom stereocenters. The van der Waals surface area contributed by atoms with E-state index in [2.05, 4.69) is 33.4 Å². The predicted molar refractivity (Wildman–Crippen MR) is 84.8 cm³/mol. The summed E-state index contributed by atoms with van der Waals surface area (Å²) >= 11 is 3.44. The Bertz CT molecular complexity index is 444. The van der Waals surface area contributed by atoms with Crippen LogP contribution in [0.4, 0.5) is 4.79 Å². The van der Waals surface area contributed by atoms with Gasteiger partial charge >= 0.3 is 6.03 Å². The topological polar surface area (TPSA) is 52.6 Å². The lowest BCUT2D eigenvalue weighted by molar-refractivity contribution is 0.0532. The number of carbonyl (C=O) groups is 1. The first-order valence-electron chi connectivity index (χ1n) is 6.74. The molecule has 0 saturated carbocycles. The van der Waals surface area contributed by atoms with E-state index >= 15 is 0 Å². The molecule has 20 heavy (non-hydrogen) atoms. The van der Waals surface area contributed by atoms with Crippen LogP contribution in [-0.4, -0.2) is 41.8 Å². The second-order valence-electron chi connectivity index (χ2n) is 5.63. The van der Waals surface area contributed by atoms with E-state index in [1.165, 1.54) is 10.5 Å². The number of likely N-dealkylation sites (N-methyl/N-ethyl adjacent to an activating group) is 1. The molecule has 0 aliphatic rings. The van der Waals surface area contributed by atoms with Gasteiger partial charge in [0.2, 0.25) is 0 Å². The standard InChI is InChI=1S/C15H23BrN2O2/c1-15(2,20)11-18(3)14(19)17-9-5-7-12-6-4-8-13(16)10-12/h4,6,8,10,20H,5,7,9,11H2,1-3H3,(H,17,19). The van der Waals surface area contributed by atoms with Gasteiger partial charge in [-0.05, 0) is 44.4 Å². The van der Waals surface area contributed by atoms with Gasteiger partial charge in [-0.2, -0.15) is 0 Å². The Kier molecular flexibility index (Phi) is 6.49. The largest absolute Gasteiger partial charge is 0.389 e. The number of urea groups is 1. The smallest absolute Gasteiger partial charge is 0.317 e. The number of benzene rings is 1. The SMILES string of the molecule is CN(CC(C)(C)O)C(=O)NCCCc1cccc(Br)c1. The molecule has 0 radical (unpaired) electrons. The molecular formula is C15H23BrN2O2. The maximum Gasteiger partial charge on any atom is 0.317 e. The van der Waals surface area contributed by atoms with Crippen molar-refractivity contribution in [3.8, 4) is 0 Å². The molecule has 4 nitrogen and oxygen atoms in total. The van der Waals surface area contributed by atoms with E-state index < -0.39 is 5.60 Å². The van der Waals surface area contributed by atoms with Gasteiger partial charge in [-0.1, -0.05) is 28.1 Å². The minimum Gasteiger partial charge on any atom is -0.389 e. The number of hydrogen-bond acceptors (Lipinski definition) is 2. The third-order valence-corrected chi connectivity index (χ3v) is 3.27. The van der Waals surface area contributed by atoms with Crippen molar-refractivity contribution < 1.29 is 9.90 Å². The summed E-state index contributed by atoms with van der Waals surface area (Å²) in [5, 5.41) is 12.5. The van der Waals surface area contributed by atoms with Crippen molar-refractivity contribution in [1.29, 1.82) is 0 Å². The molecule has 1 aromatic carbocycles. The highest BCUT2D eigenvalue weighted by Crippen LogP contribution is 2.12. The van der Waals surface area contributed by atoms with Crippen molar-refractivity contribution in [2.45, 2.75) is 32.3 Å². The van der Waals surface area contributed by atoms with Crippen molar-refractivity contribution >= 4 is 22.0 Å². The Labute approximate surface area is 129 Å². The van der Waals surface area contributed by atoms with Crippen molar-refractivity contribution in [3.63, 3.8) is 0 Å². The van der Waals surface area contributed by atoms with Crippen LogP contribution in [-0.2, 0) is 6.42 Å². The Morgan fingerprint density at radius 1 is 1.45 bits per heavy atom. The zero-order chi connectivity index (χ0) is 15.2. The third kappa shape index (κ3) is 6.91. The zero-order valence-corrected chi connectivity index (χ0v) is 13.9. The first kappa shape index (κ1) is 17.0. The number of hydrogen-bond donors (Lipinski definition) is 2. The molecule has 0 spiro atoms. The van der Waals surface area contributed by atoms with Crippen LogP contribution in [0.15, 0.2) is 28.7 Å². The lowest BCUT2D eigenvalue weighted by Gasteiger charge is -2.25. The quantitative estimate of drug-likeness (QED) is 0.781. The molecule has 0 aromatic heterocycles. The molecule has 0 aliphatic carbocycles. The first-order chi connectivity index (χ1) is 9.28. The van der Waals surface area contributed by atoms with Crippen LogP contribution < -0.4 is 5.32 Å². The van der Waals surface area contributed by atoms with E-state index in [0.717, 1.165) is 17.3 Å². The normalized spacial score (nSPS) is 11.2. The summed E-state index contributed by atoms with van der Waals surface area (Å²) < 4.78 is 1.07. The molecule has 2 amide bonds. The van der Waals surface area contributed by atoms with E-state index in [-0.39, 0.29) is 6.03 Å². The van der Waals surface area contributed by atoms with Crippen molar-refractivity contribution in [1.82, 2.24) is 10.2 Å². The summed E-state index contributed by atoms with van der Waals surface area (Å²) in [5.74, 6) is 0. The number of amides is 2. The van der Waals surface area contributed by atoms with Gasteiger partial charge in [0.05, 0.1) is 12.1 Å². The van der Waals surface area contributed by atoms with Crippen LogP contribution in [0, 0.1) is 0 Å². The number of rotatable bonds is 6. The van der Waals surface area contributed by atoms with E-state index in [4.69, 9.17) is 0 Å². The number of nitrogens with zero attached hydrogens (tertiary/aromatic N) is 1. The second kappa shape index (κ2) is 7.64. The first-order valence-corrected chi connectivity index (χ1v) is 7.53. The van der Waals surface area contributed by atoms with E-state index in [1.54, 1.807) is 20.9 Å². The van der Waals surface area contributed by atoms with Gasteiger partial charge < -0.3 is 15.3 Å². The summed E-state index contributed by atoms with van der Waals surface area (Å²) in [7, 11) is 1.68. The molecule has 5 heteroatoms. The molecule has 0 unspecified atom stereocenters. The lowest BCUT2D eigenvalue weighted by atomic mass is 10.1. The van der Waals surface area contributed by atoms with Gasteiger partial charge in [0.1, 0.15) is 0 Å². The Balaban J connectivity index is 2.25. The number of aryl methyl sites for hydroxylation is 1. The summed E-state index contributed by atoms with van der Waals surface area (Å²) in [5.41, 5.74) is 0.376. The average molecular weight is 343 g/mol. The van der Waals surface area contributed by atoms with Gasteiger partial charge in [0.25, 0.3) is 0 Å². The Hall–Kier alpha value is -1.07. The average Bonchev–Trinajstić information content (AvgIpc) is 2.32. The molecule has 0 aliphatic heterocycles. The Morgan fingerprint density at radius 2 is 2.15 bits per heavy atom. The predicted octanol–water partition coefficient (Wildman–Crippen LogP) is 2.79. The highest BCUT2D eigenvalue weighted by atomic mass is 79.9. The fourth-order valence-corrected chi connectivity index (χ4v) is 2.41. The van der Waals surface area contributed by atoms with Crippen molar-refractivity contribution in [2.24, 2.45) is 0 Å². The highest BCUT2D eigenvalue weighted by Gasteiger charge is 2.18. The van der Waals surface area contributed by atoms with Gasteiger partial charge in [-0.25, -0.2) is 4.79 Å². The molecule has 1 rings (SSSR count). The zero-order valence-electron chi connectivity index (χ0n) is 12.3. The minimum atomic E-state index is -0.873. The van der Waals surface area contributed by atoms with Crippen LogP contribution in [0.3, 0.4) is 0 Å². The second-order valence-corrected chi connectivity index (χ2v) is 6.55. The lowest BCUT2D eigenvalue weighted by Crippen LogP contribution is -2.44. The van der Waals surface area contributed by atoms with Crippen LogP contribution in [0.5, 0.6) is 0 Å². The molecule has 0 bridgehead atoms. The van der Waals surface area contributed by atoms with E-state index in [1.807, 2.05) is 12.1 Å². The number of halogens is 1. The van der Waals surface area contributed by atoms with Gasteiger partial charge in [0, 0.05) is 18.1 Å². The van der Waals surface area contributed by atoms with Crippen molar-refractivity contribution in [3.05, 3.63) is 34.3 Å². The monoisotopic (exact) mass is 342 g/mol. The van der Waals surface area contributed by atoms with Gasteiger partial charge in [-0.3, -0.25) is 0 Å². The summed E-state index contributed by atoms with van der Waals surface area (Å²) in [6.07, 6.45) is 1.81. The molecular weight excluding hydrogens is 320 g/mol. The van der Waals surface area contributed by atoms with E-state index in [9.17, 15) is 9.90 Å². The van der Waals surface area contributed by atoms with E-state index in [0.29, 0.717) is 13.1 Å². The van der Waals surface area contributed by atoms with Crippen LogP contribution in [0.2, 0.25) is 0 Å². The third-order valence-electron chi connectivity index (χ3n) is 2.78. The number of carbonyl (C=O) groups excluding carboxylic acids is 1. The molecule has 1 aromatic rings. The van der Waals surface area contributed by atoms with Crippen LogP contribution >= 0.6 is 15.9 Å². The molecule has 0 fully saturated rings. The summed E-state index contributed by atoms with van der Waals surface area (Å²) in [6, 6.07) is 8.02. The fourth-order valence-electron chi connectivity index (χ4n) is 1.97. The van der Waals surface area contributed by atoms with Crippen molar-refractivity contribution in [2.75, 3.05) is 20.1 Å². The fraction of sp³-hybridized carbons (Fsp3) is 0.533. The maximum atomic E-state index is 11.8. The molecule has 0 heterocycles. The number of aliphatic hydroxyl groups is 1. The van der Waals surface area contributed by atoms with Crippen LogP contribution in [0.25, 0.3) is 0 Å². The summed E-state index contributed by atoms with van der Waals surface area (Å²) in [6.45, 7) is 4.31. The number of nitrogens with one attached hydrogen (secondary N) is 1. The maximum absolute atomic E-state index is 11.8. The van der Waals surface area contributed by atoms with Gasteiger partial charge in [0.15, 0.2) is 0 Å². The van der Waals surface area contributed by atoms with Gasteiger partial charge in [-0.15, -0.1) is 0 Å². The molecule has 0 saturated heterocycles. The Morgan fingerprint density at radius 3 is 2.75 bits per heavy atom. The molecule has 2 N–H and O–H groups in total. The molecule has 112 valence electrons. The van der Waals surface area contributed by atoms with Crippen LogP contribution in [0.1, 0.15) is 25.8 Å². The summed E-state index contributed by atoms with van der Waals surface area (Å²) in [4.78, 5) is 13.3. The minimum absolute atomic E-state index is 0.152. The highest BCUT2D eigenvalue weighted by molar-refractivity contribution is 9.10.